The summed E-state index contributed by atoms with van der Waals surface area (Å²) in [6.07, 6.45) is 3.72. The molecule has 0 spiro atoms. The van der Waals surface area contributed by atoms with Crippen molar-refractivity contribution in [2.45, 2.75) is 24.0 Å². The summed E-state index contributed by atoms with van der Waals surface area (Å²) in [5.74, 6) is 0.749. The number of anilines is 1. The third-order valence-electron chi connectivity index (χ3n) is 2.94. The molecular formula is C11H15ClN4OS. The lowest BCUT2D eigenvalue weighted by atomic mass is 10.2. The van der Waals surface area contributed by atoms with E-state index in [1.807, 2.05) is 11.2 Å². The number of likely N-dealkylation sites (N-methyl/N-ethyl adjacent to an activating group) is 1. The molecule has 0 bridgehead atoms. The molecule has 1 saturated heterocycles. The summed E-state index contributed by atoms with van der Waals surface area (Å²) < 4.78 is 0. The van der Waals surface area contributed by atoms with Crippen LogP contribution in [0.3, 0.4) is 0 Å². The normalized spacial score (nSPS) is 19.1. The second-order valence-electron chi connectivity index (χ2n) is 4.00. The van der Waals surface area contributed by atoms with E-state index in [9.17, 15) is 4.79 Å². The van der Waals surface area contributed by atoms with Crippen molar-refractivity contribution in [3.8, 4) is 0 Å². The summed E-state index contributed by atoms with van der Waals surface area (Å²) in [6, 6.07) is 1.55. The minimum Gasteiger partial charge on any atom is -0.357 e. The lowest BCUT2D eigenvalue weighted by Gasteiger charge is -2.24. The third kappa shape index (κ3) is 2.70. The van der Waals surface area contributed by atoms with E-state index < -0.39 is 0 Å². The number of halogens is 1. The smallest absolute Gasteiger partial charge is 0.242 e. The van der Waals surface area contributed by atoms with Crippen LogP contribution in [0.2, 0.25) is 5.15 Å². The zero-order valence-corrected chi connectivity index (χ0v) is 11.9. The van der Waals surface area contributed by atoms with Crippen LogP contribution in [-0.2, 0) is 4.79 Å². The van der Waals surface area contributed by atoms with Gasteiger partial charge in [0.25, 0.3) is 0 Å². The number of hydrogen-bond acceptors (Lipinski definition) is 5. The Labute approximate surface area is 115 Å². The third-order valence-corrected chi connectivity index (χ3v) is 3.68. The number of carbonyl (C=O) groups excluding carboxylic acids is 1. The molecule has 18 heavy (non-hydrogen) atoms. The number of amides is 1. The molecule has 1 fully saturated rings. The number of carbonyl (C=O) groups is 1. The van der Waals surface area contributed by atoms with Crippen molar-refractivity contribution in [1.82, 2.24) is 15.3 Å². The zero-order chi connectivity index (χ0) is 13.1. The second kappa shape index (κ2) is 5.75. The molecule has 7 heteroatoms. The van der Waals surface area contributed by atoms with E-state index in [4.69, 9.17) is 11.6 Å². The number of nitrogens with zero attached hydrogens (tertiary/aromatic N) is 3. The maximum absolute atomic E-state index is 11.8. The van der Waals surface area contributed by atoms with Gasteiger partial charge in [0.15, 0.2) is 5.16 Å². The van der Waals surface area contributed by atoms with Gasteiger partial charge in [0.2, 0.25) is 5.91 Å². The topological polar surface area (TPSA) is 58.1 Å². The fraction of sp³-hybridized carbons (Fsp3) is 0.545. The lowest BCUT2D eigenvalue weighted by Crippen LogP contribution is -2.42. The van der Waals surface area contributed by atoms with Crippen LogP contribution in [0.1, 0.15) is 12.8 Å². The molecule has 1 atom stereocenters. The molecule has 1 amide bonds. The van der Waals surface area contributed by atoms with Gasteiger partial charge in [0.1, 0.15) is 17.0 Å². The molecule has 1 aliphatic heterocycles. The molecule has 0 radical (unpaired) electrons. The van der Waals surface area contributed by atoms with Crippen LogP contribution >= 0.6 is 23.4 Å². The number of thioether (sulfide) groups is 1. The molecule has 1 N–H and O–H groups in total. The van der Waals surface area contributed by atoms with Gasteiger partial charge in [-0.25, -0.2) is 9.97 Å². The fourth-order valence-electron chi connectivity index (χ4n) is 2.10. The predicted octanol–water partition coefficient (Wildman–Crippen LogP) is 1.57. The molecule has 1 aliphatic rings. The molecule has 0 saturated carbocycles. The van der Waals surface area contributed by atoms with Gasteiger partial charge in [0, 0.05) is 19.7 Å². The molecule has 2 rings (SSSR count). The number of hydrogen-bond donors (Lipinski definition) is 1. The summed E-state index contributed by atoms with van der Waals surface area (Å²) in [4.78, 5) is 22.3. The van der Waals surface area contributed by atoms with Crippen molar-refractivity contribution in [2.75, 3.05) is 24.7 Å². The summed E-state index contributed by atoms with van der Waals surface area (Å²) >= 11 is 7.41. The molecule has 1 aromatic rings. The first-order valence-electron chi connectivity index (χ1n) is 5.72. The maximum Gasteiger partial charge on any atom is 0.242 e. The Hall–Kier alpha value is -1.01. The van der Waals surface area contributed by atoms with E-state index >= 15 is 0 Å². The van der Waals surface area contributed by atoms with Crippen molar-refractivity contribution in [3.05, 3.63) is 11.2 Å². The Kier molecular flexibility index (Phi) is 4.29. The highest BCUT2D eigenvalue weighted by molar-refractivity contribution is 7.98. The summed E-state index contributed by atoms with van der Waals surface area (Å²) in [7, 11) is 1.65. The van der Waals surface area contributed by atoms with E-state index in [1.165, 1.54) is 11.8 Å². The largest absolute Gasteiger partial charge is 0.357 e. The summed E-state index contributed by atoms with van der Waals surface area (Å²) in [6.45, 7) is 0.819. The van der Waals surface area contributed by atoms with Crippen LogP contribution in [-0.4, -0.2) is 41.8 Å². The summed E-state index contributed by atoms with van der Waals surface area (Å²) in [5.41, 5.74) is 0. The number of rotatable bonds is 3. The van der Waals surface area contributed by atoms with Crippen LogP contribution < -0.4 is 10.2 Å². The van der Waals surface area contributed by atoms with Crippen molar-refractivity contribution >= 4 is 35.1 Å². The first-order chi connectivity index (χ1) is 8.65. The van der Waals surface area contributed by atoms with E-state index in [1.54, 1.807) is 13.1 Å². The Morgan fingerprint density at radius 3 is 3.06 bits per heavy atom. The van der Waals surface area contributed by atoms with Gasteiger partial charge in [0.05, 0.1) is 0 Å². The standard InChI is InChI=1S/C11H15ClN4OS/c1-13-10(17)7-4-3-5-16(7)9-6-8(12)14-11(15-9)18-2/h6-7H,3-5H2,1-2H3,(H,13,17). The van der Waals surface area contributed by atoms with Gasteiger partial charge in [-0.1, -0.05) is 23.4 Å². The Balaban J connectivity index is 2.29. The maximum atomic E-state index is 11.8. The van der Waals surface area contributed by atoms with Gasteiger partial charge < -0.3 is 10.2 Å². The van der Waals surface area contributed by atoms with Gasteiger partial charge in [-0.3, -0.25) is 4.79 Å². The molecule has 1 unspecified atom stereocenters. The highest BCUT2D eigenvalue weighted by Gasteiger charge is 2.31. The first kappa shape index (κ1) is 13.4. The van der Waals surface area contributed by atoms with E-state index in [-0.39, 0.29) is 11.9 Å². The summed E-state index contributed by atoms with van der Waals surface area (Å²) in [5, 5.41) is 3.72. The Morgan fingerprint density at radius 1 is 1.61 bits per heavy atom. The molecular weight excluding hydrogens is 272 g/mol. The van der Waals surface area contributed by atoms with Crippen molar-refractivity contribution in [3.63, 3.8) is 0 Å². The minimum atomic E-state index is -0.157. The minimum absolute atomic E-state index is 0.0212. The molecule has 0 aromatic carbocycles. The van der Waals surface area contributed by atoms with E-state index in [0.717, 1.165) is 25.2 Å². The molecule has 5 nitrogen and oxygen atoms in total. The van der Waals surface area contributed by atoms with Gasteiger partial charge in [-0.15, -0.1) is 0 Å². The highest BCUT2D eigenvalue weighted by Crippen LogP contribution is 2.27. The number of aromatic nitrogens is 2. The highest BCUT2D eigenvalue weighted by atomic mass is 35.5. The van der Waals surface area contributed by atoms with Crippen LogP contribution in [0, 0.1) is 0 Å². The average Bonchev–Trinajstić information content (AvgIpc) is 2.86. The quantitative estimate of drug-likeness (QED) is 0.519. The van der Waals surface area contributed by atoms with Gasteiger partial charge >= 0.3 is 0 Å². The van der Waals surface area contributed by atoms with Crippen molar-refractivity contribution in [2.24, 2.45) is 0 Å². The average molecular weight is 287 g/mol. The SMILES string of the molecule is CNC(=O)C1CCCN1c1cc(Cl)nc(SC)n1. The Bertz CT molecular complexity index is 457. The van der Waals surface area contributed by atoms with Crippen LogP contribution in [0.15, 0.2) is 11.2 Å². The first-order valence-corrected chi connectivity index (χ1v) is 7.32. The predicted molar refractivity (Wildman–Crippen MR) is 73.3 cm³/mol. The lowest BCUT2D eigenvalue weighted by molar-refractivity contribution is -0.121. The molecule has 1 aromatic heterocycles. The van der Waals surface area contributed by atoms with E-state index in [2.05, 4.69) is 15.3 Å². The van der Waals surface area contributed by atoms with Gasteiger partial charge in [-0.05, 0) is 19.1 Å². The van der Waals surface area contributed by atoms with Crippen molar-refractivity contribution in [1.29, 1.82) is 0 Å². The monoisotopic (exact) mass is 286 g/mol. The van der Waals surface area contributed by atoms with Crippen LogP contribution in [0.5, 0.6) is 0 Å². The van der Waals surface area contributed by atoms with E-state index in [0.29, 0.717) is 10.3 Å². The zero-order valence-electron chi connectivity index (χ0n) is 10.3. The molecule has 98 valence electrons. The Morgan fingerprint density at radius 2 is 2.39 bits per heavy atom. The second-order valence-corrected chi connectivity index (χ2v) is 5.16. The van der Waals surface area contributed by atoms with Gasteiger partial charge in [-0.2, -0.15) is 0 Å². The molecule has 2 heterocycles. The van der Waals surface area contributed by atoms with Crippen LogP contribution in [0.25, 0.3) is 0 Å². The van der Waals surface area contributed by atoms with Crippen LogP contribution in [0.4, 0.5) is 5.82 Å². The fourth-order valence-corrected chi connectivity index (χ4v) is 2.71. The number of nitrogens with one attached hydrogen (secondary N) is 1. The van der Waals surface area contributed by atoms with Crippen molar-refractivity contribution < 1.29 is 4.79 Å². The molecule has 0 aliphatic carbocycles.